The maximum absolute atomic E-state index is 9.21. The first kappa shape index (κ1) is 14.5. The lowest BCUT2D eigenvalue weighted by Crippen LogP contribution is -2.41. The molecular formula is C14H22BNO3. The lowest BCUT2D eigenvalue weighted by atomic mass is 9.75. The van der Waals surface area contributed by atoms with Gasteiger partial charge in [0.1, 0.15) is 0 Å². The molecule has 0 atom stereocenters. The summed E-state index contributed by atoms with van der Waals surface area (Å²) in [6.07, 6.45) is 2.33. The highest BCUT2D eigenvalue weighted by atomic mass is 16.7. The Balaban J connectivity index is 2.37. The number of hydrogen-bond donors (Lipinski definition) is 1. The molecule has 4 nitrogen and oxygen atoms in total. The maximum Gasteiger partial charge on any atom is 0.495 e. The zero-order valence-corrected chi connectivity index (χ0v) is 12.4. The normalized spacial score (nSPS) is 20.8. The van der Waals surface area contributed by atoms with Crippen LogP contribution in [0.3, 0.4) is 0 Å². The number of rotatable bonds is 3. The third kappa shape index (κ3) is 2.55. The number of aliphatic hydroxyl groups is 1. The second-order valence-electron chi connectivity index (χ2n) is 6.03. The van der Waals surface area contributed by atoms with Gasteiger partial charge in [-0.25, -0.2) is 0 Å². The van der Waals surface area contributed by atoms with Crippen LogP contribution in [0.15, 0.2) is 12.3 Å². The Morgan fingerprint density at radius 2 is 1.79 bits per heavy atom. The maximum atomic E-state index is 9.21. The Kier molecular flexibility index (Phi) is 3.73. The minimum Gasteiger partial charge on any atom is -0.399 e. The van der Waals surface area contributed by atoms with Gasteiger partial charge in [0.05, 0.1) is 11.2 Å². The third-order valence-corrected chi connectivity index (χ3v) is 4.18. The van der Waals surface area contributed by atoms with E-state index in [-0.39, 0.29) is 17.8 Å². The van der Waals surface area contributed by atoms with Crippen molar-refractivity contribution >= 4 is 12.6 Å². The molecule has 0 aromatic carbocycles. The minimum atomic E-state index is -0.395. The number of pyridine rings is 1. The van der Waals surface area contributed by atoms with E-state index in [1.165, 1.54) is 0 Å². The van der Waals surface area contributed by atoms with Crippen LogP contribution < -0.4 is 5.46 Å². The summed E-state index contributed by atoms with van der Waals surface area (Å²) in [4.78, 5) is 4.28. The van der Waals surface area contributed by atoms with E-state index in [9.17, 15) is 5.11 Å². The molecule has 0 spiro atoms. The van der Waals surface area contributed by atoms with Crippen LogP contribution in [0.2, 0.25) is 0 Å². The number of aliphatic hydroxyl groups excluding tert-OH is 1. The van der Waals surface area contributed by atoms with E-state index < -0.39 is 7.12 Å². The quantitative estimate of drug-likeness (QED) is 0.833. The fraction of sp³-hybridized carbons (Fsp3) is 0.643. The van der Waals surface area contributed by atoms with E-state index in [1.54, 1.807) is 6.20 Å². The molecular weight excluding hydrogens is 241 g/mol. The molecule has 19 heavy (non-hydrogen) atoms. The number of aryl methyl sites for hydroxylation is 1. The zero-order chi connectivity index (χ0) is 14.3. The Bertz CT molecular complexity index is 458. The molecule has 0 unspecified atom stereocenters. The van der Waals surface area contributed by atoms with Crippen LogP contribution in [0, 0.1) is 6.92 Å². The van der Waals surface area contributed by atoms with E-state index in [4.69, 9.17) is 9.31 Å². The van der Waals surface area contributed by atoms with Crippen molar-refractivity contribution in [3.8, 4) is 0 Å². The SMILES string of the molecule is Cc1nccc(B2OC(C)(C)C(C)(C)O2)c1CCO. The Morgan fingerprint density at radius 3 is 2.32 bits per heavy atom. The first-order chi connectivity index (χ1) is 8.78. The largest absolute Gasteiger partial charge is 0.495 e. The lowest BCUT2D eigenvalue weighted by Gasteiger charge is -2.32. The number of aromatic nitrogens is 1. The highest BCUT2D eigenvalue weighted by Crippen LogP contribution is 2.36. The summed E-state index contributed by atoms with van der Waals surface area (Å²) < 4.78 is 12.1. The van der Waals surface area contributed by atoms with Gasteiger partial charge in [0, 0.05) is 18.5 Å². The monoisotopic (exact) mass is 263 g/mol. The fourth-order valence-corrected chi connectivity index (χ4v) is 2.24. The molecule has 0 radical (unpaired) electrons. The minimum absolute atomic E-state index is 0.0963. The van der Waals surface area contributed by atoms with Gasteiger partial charge in [0.25, 0.3) is 0 Å². The average Bonchev–Trinajstić information content (AvgIpc) is 2.51. The molecule has 1 aromatic rings. The van der Waals surface area contributed by atoms with Crippen LogP contribution in [0.25, 0.3) is 0 Å². The molecule has 2 rings (SSSR count). The summed E-state index contributed by atoms with van der Waals surface area (Å²) in [6, 6.07) is 1.92. The molecule has 0 saturated carbocycles. The van der Waals surface area contributed by atoms with Gasteiger partial charge in [-0.3, -0.25) is 4.98 Å². The zero-order valence-electron chi connectivity index (χ0n) is 12.4. The van der Waals surface area contributed by atoms with Gasteiger partial charge >= 0.3 is 7.12 Å². The van der Waals surface area contributed by atoms with Crippen molar-refractivity contribution in [3.63, 3.8) is 0 Å². The molecule has 1 fully saturated rings. The lowest BCUT2D eigenvalue weighted by molar-refractivity contribution is 0.00578. The topological polar surface area (TPSA) is 51.6 Å². The molecule has 1 saturated heterocycles. The van der Waals surface area contributed by atoms with Gasteiger partial charge in [-0.2, -0.15) is 0 Å². The van der Waals surface area contributed by atoms with E-state index in [0.29, 0.717) is 6.42 Å². The van der Waals surface area contributed by atoms with Crippen molar-refractivity contribution in [3.05, 3.63) is 23.5 Å². The molecule has 0 aliphatic carbocycles. The van der Waals surface area contributed by atoms with Crippen molar-refractivity contribution in [1.82, 2.24) is 4.98 Å². The smallest absolute Gasteiger partial charge is 0.399 e. The summed E-state index contributed by atoms with van der Waals surface area (Å²) in [5.41, 5.74) is 2.20. The van der Waals surface area contributed by atoms with E-state index in [2.05, 4.69) is 4.98 Å². The molecule has 0 amide bonds. The van der Waals surface area contributed by atoms with Crippen LogP contribution in [-0.4, -0.2) is 35.0 Å². The molecule has 2 heterocycles. The molecule has 0 bridgehead atoms. The second kappa shape index (κ2) is 4.89. The van der Waals surface area contributed by atoms with Crippen LogP contribution in [-0.2, 0) is 15.7 Å². The highest BCUT2D eigenvalue weighted by molar-refractivity contribution is 6.62. The Hall–Kier alpha value is -0.905. The molecule has 1 aliphatic rings. The van der Waals surface area contributed by atoms with Crippen LogP contribution >= 0.6 is 0 Å². The van der Waals surface area contributed by atoms with Gasteiger partial charge in [-0.1, -0.05) is 0 Å². The first-order valence-corrected chi connectivity index (χ1v) is 6.69. The summed E-state index contributed by atoms with van der Waals surface area (Å²) in [6.45, 7) is 10.2. The predicted molar refractivity (Wildman–Crippen MR) is 75.5 cm³/mol. The van der Waals surface area contributed by atoms with Crippen LogP contribution in [0.4, 0.5) is 0 Å². The fourth-order valence-electron chi connectivity index (χ4n) is 2.24. The van der Waals surface area contributed by atoms with Crippen LogP contribution in [0.5, 0.6) is 0 Å². The van der Waals surface area contributed by atoms with Crippen LogP contribution in [0.1, 0.15) is 39.0 Å². The summed E-state index contributed by atoms with van der Waals surface area (Å²) in [5.74, 6) is 0. The molecule has 5 heteroatoms. The third-order valence-electron chi connectivity index (χ3n) is 4.18. The average molecular weight is 263 g/mol. The van der Waals surface area contributed by atoms with Crippen molar-refractivity contribution in [2.24, 2.45) is 0 Å². The van der Waals surface area contributed by atoms with E-state index in [0.717, 1.165) is 16.7 Å². The summed E-state index contributed by atoms with van der Waals surface area (Å²) >= 11 is 0. The van der Waals surface area contributed by atoms with Gasteiger partial charge in [-0.05, 0) is 58.1 Å². The standard InChI is InChI=1S/C14H22BNO3/c1-10-11(7-9-17)12(6-8-16-10)15-18-13(2,3)14(4,5)19-15/h6,8,17H,7,9H2,1-5H3. The van der Waals surface area contributed by atoms with Crippen molar-refractivity contribution in [2.45, 2.75) is 52.2 Å². The molecule has 1 N–H and O–H groups in total. The van der Waals surface area contributed by atoms with E-state index >= 15 is 0 Å². The molecule has 1 aliphatic heterocycles. The van der Waals surface area contributed by atoms with Crippen molar-refractivity contribution < 1.29 is 14.4 Å². The summed E-state index contributed by atoms with van der Waals surface area (Å²) in [5, 5.41) is 9.21. The molecule has 104 valence electrons. The van der Waals surface area contributed by atoms with Gasteiger partial charge < -0.3 is 14.4 Å². The molecule has 1 aromatic heterocycles. The van der Waals surface area contributed by atoms with E-state index in [1.807, 2.05) is 40.7 Å². The predicted octanol–water partition coefficient (Wildman–Crippen LogP) is 1.22. The number of hydrogen-bond acceptors (Lipinski definition) is 4. The first-order valence-electron chi connectivity index (χ1n) is 6.69. The Labute approximate surface area is 115 Å². The number of nitrogens with zero attached hydrogens (tertiary/aromatic N) is 1. The van der Waals surface area contributed by atoms with Crippen molar-refractivity contribution in [2.75, 3.05) is 6.61 Å². The van der Waals surface area contributed by atoms with Gasteiger partial charge in [0.15, 0.2) is 0 Å². The second-order valence-corrected chi connectivity index (χ2v) is 6.03. The van der Waals surface area contributed by atoms with Crippen molar-refractivity contribution in [1.29, 1.82) is 0 Å². The highest BCUT2D eigenvalue weighted by Gasteiger charge is 2.52. The van der Waals surface area contributed by atoms with Gasteiger partial charge in [-0.15, -0.1) is 0 Å². The Morgan fingerprint density at radius 1 is 1.21 bits per heavy atom. The summed E-state index contributed by atoms with van der Waals surface area (Å²) in [7, 11) is -0.395. The van der Waals surface area contributed by atoms with Gasteiger partial charge in [0.2, 0.25) is 0 Å².